The SMILES string of the molecule is Cc1ccc(C(=O)NCC(c2ccc(N(C)C)cc2)N2CCN(c3ccccc3)CC2)cc1. The molecule has 33 heavy (non-hydrogen) atoms. The molecule has 0 aliphatic carbocycles. The Bertz CT molecular complexity index is 1020. The molecule has 0 aromatic heterocycles. The molecule has 1 aliphatic rings. The summed E-state index contributed by atoms with van der Waals surface area (Å²) in [5.74, 6) is -0.0205. The van der Waals surface area contributed by atoms with E-state index < -0.39 is 0 Å². The average molecular weight is 443 g/mol. The third-order valence-electron chi connectivity index (χ3n) is 6.44. The fourth-order valence-corrected chi connectivity index (χ4v) is 4.38. The van der Waals surface area contributed by atoms with Crippen molar-refractivity contribution in [1.82, 2.24) is 10.2 Å². The minimum Gasteiger partial charge on any atom is -0.378 e. The molecule has 1 N–H and O–H groups in total. The summed E-state index contributed by atoms with van der Waals surface area (Å²) in [4.78, 5) is 19.9. The number of nitrogens with one attached hydrogen (secondary N) is 1. The summed E-state index contributed by atoms with van der Waals surface area (Å²) in [6.07, 6.45) is 0. The van der Waals surface area contributed by atoms with E-state index in [1.54, 1.807) is 0 Å². The summed E-state index contributed by atoms with van der Waals surface area (Å²) in [5.41, 5.74) is 5.54. The molecule has 5 heteroatoms. The van der Waals surface area contributed by atoms with Gasteiger partial charge in [-0.15, -0.1) is 0 Å². The van der Waals surface area contributed by atoms with Gasteiger partial charge in [-0.3, -0.25) is 9.69 Å². The smallest absolute Gasteiger partial charge is 0.251 e. The maximum atomic E-state index is 12.8. The average Bonchev–Trinajstić information content (AvgIpc) is 2.85. The van der Waals surface area contributed by atoms with Crippen molar-refractivity contribution in [2.75, 3.05) is 56.6 Å². The van der Waals surface area contributed by atoms with E-state index in [1.807, 2.05) is 31.2 Å². The van der Waals surface area contributed by atoms with E-state index in [0.717, 1.165) is 31.7 Å². The first-order valence-corrected chi connectivity index (χ1v) is 11.7. The van der Waals surface area contributed by atoms with Crippen LogP contribution in [0.25, 0.3) is 0 Å². The zero-order valence-corrected chi connectivity index (χ0v) is 19.9. The lowest BCUT2D eigenvalue weighted by atomic mass is 10.0. The Labute approximate surface area is 197 Å². The number of carbonyl (C=O) groups excluding carboxylic acids is 1. The second-order valence-corrected chi connectivity index (χ2v) is 8.94. The van der Waals surface area contributed by atoms with Crippen molar-refractivity contribution in [3.63, 3.8) is 0 Å². The maximum Gasteiger partial charge on any atom is 0.251 e. The number of anilines is 2. The quantitative estimate of drug-likeness (QED) is 0.590. The monoisotopic (exact) mass is 442 g/mol. The molecular weight excluding hydrogens is 408 g/mol. The molecule has 0 spiro atoms. The molecule has 1 unspecified atom stereocenters. The summed E-state index contributed by atoms with van der Waals surface area (Å²) in [6.45, 7) is 6.47. The minimum absolute atomic E-state index is 0.0205. The van der Waals surface area contributed by atoms with E-state index in [0.29, 0.717) is 12.1 Å². The van der Waals surface area contributed by atoms with Crippen molar-refractivity contribution in [2.45, 2.75) is 13.0 Å². The Morgan fingerprint density at radius 2 is 1.52 bits per heavy atom. The van der Waals surface area contributed by atoms with E-state index in [-0.39, 0.29) is 11.9 Å². The Kier molecular flexibility index (Phi) is 7.30. The zero-order valence-electron chi connectivity index (χ0n) is 19.9. The van der Waals surface area contributed by atoms with Crippen molar-refractivity contribution < 1.29 is 4.79 Å². The summed E-state index contributed by atoms with van der Waals surface area (Å²) in [7, 11) is 4.11. The van der Waals surface area contributed by atoms with Crippen LogP contribution >= 0.6 is 0 Å². The minimum atomic E-state index is -0.0205. The molecule has 3 aromatic carbocycles. The van der Waals surface area contributed by atoms with Crippen LogP contribution in [0.4, 0.5) is 11.4 Å². The van der Waals surface area contributed by atoms with Crippen LogP contribution in [-0.2, 0) is 0 Å². The van der Waals surface area contributed by atoms with Crippen LogP contribution in [0.3, 0.4) is 0 Å². The normalized spacial score (nSPS) is 15.2. The van der Waals surface area contributed by atoms with E-state index >= 15 is 0 Å². The molecule has 1 saturated heterocycles. The van der Waals surface area contributed by atoms with Crippen LogP contribution in [0.1, 0.15) is 27.5 Å². The van der Waals surface area contributed by atoms with Crippen LogP contribution in [0.15, 0.2) is 78.9 Å². The molecule has 5 nitrogen and oxygen atoms in total. The molecular formula is C28H34N4O. The molecule has 1 aliphatic heterocycles. The molecule has 3 aromatic rings. The van der Waals surface area contributed by atoms with Crippen molar-refractivity contribution >= 4 is 17.3 Å². The van der Waals surface area contributed by atoms with Gasteiger partial charge in [0, 0.05) is 63.8 Å². The molecule has 1 atom stereocenters. The Hall–Kier alpha value is -3.31. The molecule has 0 radical (unpaired) electrons. The van der Waals surface area contributed by atoms with Crippen LogP contribution in [0.5, 0.6) is 0 Å². The second kappa shape index (κ2) is 10.5. The van der Waals surface area contributed by atoms with E-state index in [2.05, 4.69) is 88.7 Å². The largest absolute Gasteiger partial charge is 0.378 e. The third kappa shape index (κ3) is 5.74. The summed E-state index contributed by atoms with van der Waals surface area (Å²) >= 11 is 0. The van der Waals surface area contributed by atoms with Crippen LogP contribution < -0.4 is 15.1 Å². The maximum absolute atomic E-state index is 12.8. The number of benzene rings is 3. The number of aryl methyl sites for hydroxylation is 1. The highest BCUT2D eigenvalue weighted by Gasteiger charge is 2.26. The topological polar surface area (TPSA) is 38.8 Å². The molecule has 0 bridgehead atoms. The zero-order chi connectivity index (χ0) is 23.2. The van der Waals surface area contributed by atoms with E-state index in [1.165, 1.54) is 16.9 Å². The van der Waals surface area contributed by atoms with Gasteiger partial charge in [0.1, 0.15) is 0 Å². The molecule has 4 rings (SSSR count). The van der Waals surface area contributed by atoms with E-state index in [9.17, 15) is 4.79 Å². The fraction of sp³-hybridized carbons (Fsp3) is 0.321. The Morgan fingerprint density at radius 1 is 0.879 bits per heavy atom. The van der Waals surface area contributed by atoms with Crippen LogP contribution in [0, 0.1) is 6.92 Å². The first kappa shape index (κ1) is 22.9. The molecule has 1 heterocycles. The van der Waals surface area contributed by atoms with Gasteiger partial charge in [-0.2, -0.15) is 0 Å². The molecule has 1 fully saturated rings. The van der Waals surface area contributed by atoms with Crippen LogP contribution in [0.2, 0.25) is 0 Å². The highest BCUT2D eigenvalue weighted by molar-refractivity contribution is 5.94. The number of amides is 1. The molecule has 0 saturated carbocycles. The van der Waals surface area contributed by atoms with Crippen molar-refractivity contribution in [3.05, 3.63) is 95.6 Å². The number of piperazine rings is 1. The number of para-hydroxylation sites is 1. The van der Waals surface area contributed by atoms with Gasteiger partial charge < -0.3 is 15.1 Å². The van der Waals surface area contributed by atoms with Gasteiger partial charge in [-0.05, 0) is 48.9 Å². The first-order chi connectivity index (χ1) is 16.0. The third-order valence-corrected chi connectivity index (χ3v) is 6.44. The highest BCUT2D eigenvalue weighted by atomic mass is 16.1. The summed E-state index contributed by atoms with van der Waals surface area (Å²) in [5, 5.41) is 3.19. The Balaban J connectivity index is 1.47. The predicted octanol–water partition coefficient (Wildman–Crippen LogP) is 4.35. The van der Waals surface area contributed by atoms with Gasteiger partial charge in [0.25, 0.3) is 5.91 Å². The van der Waals surface area contributed by atoms with Crippen LogP contribution in [-0.4, -0.2) is 57.6 Å². The van der Waals surface area contributed by atoms with Gasteiger partial charge >= 0.3 is 0 Å². The van der Waals surface area contributed by atoms with Gasteiger partial charge in [0.2, 0.25) is 0 Å². The van der Waals surface area contributed by atoms with Crippen molar-refractivity contribution in [1.29, 1.82) is 0 Å². The second-order valence-electron chi connectivity index (χ2n) is 8.94. The van der Waals surface area contributed by atoms with Crippen molar-refractivity contribution in [2.24, 2.45) is 0 Å². The Morgan fingerprint density at radius 3 is 2.12 bits per heavy atom. The number of rotatable bonds is 7. The number of hydrogen-bond donors (Lipinski definition) is 1. The van der Waals surface area contributed by atoms with Gasteiger partial charge in [0.15, 0.2) is 0 Å². The lowest BCUT2D eigenvalue weighted by Crippen LogP contribution is -2.50. The first-order valence-electron chi connectivity index (χ1n) is 11.7. The highest BCUT2D eigenvalue weighted by Crippen LogP contribution is 2.26. The van der Waals surface area contributed by atoms with Gasteiger partial charge in [0.05, 0.1) is 6.04 Å². The lowest BCUT2D eigenvalue weighted by Gasteiger charge is -2.40. The summed E-state index contributed by atoms with van der Waals surface area (Å²) in [6, 6.07) is 27.2. The van der Waals surface area contributed by atoms with Gasteiger partial charge in [-0.1, -0.05) is 48.0 Å². The lowest BCUT2D eigenvalue weighted by molar-refractivity contribution is 0.0930. The predicted molar refractivity (Wildman–Crippen MR) is 137 cm³/mol. The molecule has 172 valence electrons. The number of nitrogens with zero attached hydrogens (tertiary/aromatic N) is 3. The fourth-order valence-electron chi connectivity index (χ4n) is 4.38. The number of carbonyl (C=O) groups is 1. The van der Waals surface area contributed by atoms with Gasteiger partial charge in [-0.25, -0.2) is 0 Å². The number of hydrogen-bond acceptors (Lipinski definition) is 4. The standard InChI is InChI=1S/C28H34N4O/c1-22-9-11-24(12-10-22)28(33)29-21-27(23-13-15-25(16-14-23)30(2)3)32-19-17-31(18-20-32)26-7-5-4-6-8-26/h4-16,27H,17-21H2,1-3H3,(H,29,33). The van der Waals surface area contributed by atoms with Crippen molar-refractivity contribution in [3.8, 4) is 0 Å². The van der Waals surface area contributed by atoms with E-state index in [4.69, 9.17) is 0 Å². The summed E-state index contributed by atoms with van der Waals surface area (Å²) < 4.78 is 0. The molecule has 1 amide bonds.